The highest BCUT2D eigenvalue weighted by molar-refractivity contribution is 6.03. The summed E-state index contributed by atoms with van der Waals surface area (Å²) in [6, 6.07) is 0. The fraction of sp³-hybridized carbons (Fsp3) is 0.500. The number of fused-ring (bicyclic) bond motifs is 1. The van der Waals surface area contributed by atoms with Crippen LogP contribution in [0.15, 0.2) is 12.4 Å². The van der Waals surface area contributed by atoms with Crippen LogP contribution in [0.2, 0.25) is 0 Å². The molecule has 0 saturated carbocycles. The number of carbonyl (C=O) groups is 1. The Morgan fingerprint density at radius 3 is 2.65 bits per heavy atom. The average Bonchev–Trinajstić information content (AvgIpc) is 2.78. The minimum atomic E-state index is -0.975. The van der Waals surface area contributed by atoms with E-state index in [4.69, 9.17) is 0 Å². The molecule has 0 aliphatic rings. The number of carboxylic acid groups (broad SMARTS) is 1. The molecule has 1 N–H and O–H groups in total. The third kappa shape index (κ3) is 2.11. The SMILES string of the molecule is CCC(C)(C)N(C)c1c(C(=O)O)cnc2c1cnn2C. The highest BCUT2D eigenvalue weighted by Gasteiger charge is 2.28. The minimum absolute atomic E-state index is 0.158. The van der Waals surface area contributed by atoms with Gasteiger partial charge < -0.3 is 10.0 Å². The fourth-order valence-corrected chi connectivity index (χ4v) is 2.14. The maximum Gasteiger partial charge on any atom is 0.339 e. The summed E-state index contributed by atoms with van der Waals surface area (Å²) >= 11 is 0. The van der Waals surface area contributed by atoms with Crippen LogP contribution in [0.3, 0.4) is 0 Å². The number of anilines is 1. The van der Waals surface area contributed by atoms with Crippen molar-refractivity contribution in [1.82, 2.24) is 14.8 Å². The van der Waals surface area contributed by atoms with Crippen molar-refractivity contribution >= 4 is 22.7 Å². The van der Waals surface area contributed by atoms with E-state index < -0.39 is 5.97 Å². The second kappa shape index (κ2) is 4.77. The normalized spacial score (nSPS) is 11.8. The summed E-state index contributed by atoms with van der Waals surface area (Å²) in [6.45, 7) is 6.25. The maximum absolute atomic E-state index is 11.5. The minimum Gasteiger partial charge on any atom is -0.478 e. The molecule has 0 atom stereocenters. The topological polar surface area (TPSA) is 71.2 Å². The molecular formula is C14H20N4O2. The Bertz CT molecular complexity index is 660. The molecule has 0 fully saturated rings. The van der Waals surface area contributed by atoms with Gasteiger partial charge in [0.25, 0.3) is 0 Å². The first-order valence-corrected chi connectivity index (χ1v) is 6.57. The Labute approximate surface area is 118 Å². The molecule has 0 saturated heterocycles. The molecule has 2 aromatic rings. The molecular weight excluding hydrogens is 256 g/mol. The number of hydrogen-bond donors (Lipinski definition) is 1. The molecule has 6 nitrogen and oxygen atoms in total. The fourth-order valence-electron chi connectivity index (χ4n) is 2.14. The number of aromatic carboxylic acids is 1. The largest absolute Gasteiger partial charge is 0.478 e. The molecule has 0 aliphatic heterocycles. The van der Waals surface area contributed by atoms with Crippen molar-refractivity contribution < 1.29 is 9.90 Å². The van der Waals surface area contributed by atoms with Crippen molar-refractivity contribution in [3.05, 3.63) is 18.0 Å². The van der Waals surface area contributed by atoms with Gasteiger partial charge in [0.05, 0.1) is 17.3 Å². The van der Waals surface area contributed by atoms with Crippen LogP contribution in [-0.2, 0) is 7.05 Å². The van der Waals surface area contributed by atoms with Gasteiger partial charge >= 0.3 is 5.97 Å². The van der Waals surface area contributed by atoms with Gasteiger partial charge in [-0.2, -0.15) is 5.10 Å². The summed E-state index contributed by atoms with van der Waals surface area (Å²) < 4.78 is 1.65. The Kier molecular flexibility index (Phi) is 3.41. The van der Waals surface area contributed by atoms with Gasteiger partial charge in [-0.15, -0.1) is 0 Å². The molecule has 0 unspecified atom stereocenters. The average molecular weight is 276 g/mol. The number of carboxylic acids is 1. The molecule has 0 radical (unpaired) electrons. The smallest absolute Gasteiger partial charge is 0.339 e. The van der Waals surface area contributed by atoms with Gasteiger partial charge in [-0.25, -0.2) is 9.78 Å². The first-order valence-electron chi connectivity index (χ1n) is 6.57. The van der Waals surface area contributed by atoms with Crippen LogP contribution in [-0.4, -0.2) is 38.4 Å². The zero-order valence-electron chi connectivity index (χ0n) is 12.5. The van der Waals surface area contributed by atoms with E-state index in [-0.39, 0.29) is 11.1 Å². The second-order valence-corrected chi connectivity index (χ2v) is 5.56. The van der Waals surface area contributed by atoms with Gasteiger partial charge in [0, 0.05) is 25.8 Å². The van der Waals surface area contributed by atoms with E-state index in [9.17, 15) is 9.90 Å². The molecule has 0 bridgehead atoms. The predicted molar refractivity (Wildman–Crippen MR) is 78.2 cm³/mol. The lowest BCUT2D eigenvalue weighted by molar-refractivity contribution is 0.0697. The van der Waals surface area contributed by atoms with Crippen LogP contribution in [0.25, 0.3) is 11.0 Å². The first kappa shape index (κ1) is 14.3. The van der Waals surface area contributed by atoms with Crippen LogP contribution in [0.5, 0.6) is 0 Å². The van der Waals surface area contributed by atoms with E-state index in [1.165, 1.54) is 6.20 Å². The van der Waals surface area contributed by atoms with Crippen LogP contribution < -0.4 is 4.90 Å². The van der Waals surface area contributed by atoms with Crippen LogP contribution in [0.4, 0.5) is 5.69 Å². The van der Waals surface area contributed by atoms with E-state index >= 15 is 0 Å². The highest BCUT2D eigenvalue weighted by Crippen LogP contribution is 2.33. The Morgan fingerprint density at radius 2 is 2.10 bits per heavy atom. The summed E-state index contributed by atoms with van der Waals surface area (Å²) in [7, 11) is 3.71. The number of aryl methyl sites for hydroxylation is 1. The lowest BCUT2D eigenvalue weighted by atomic mass is 9.97. The van der Waals surface area contributed by atoms with E-state index in [0.717, 1.165) is 11.8 Å². The lowest BCUT2D eigenvalue weighted by Crippen LogP contribution is -2.41. The molecule has 2 heterocycles. The summed E-state index contributed by atoms with van der Waals surface area (Å²) in [5.41, 5.74) is 1.40. The molecule has 0 aromatic carbocycles. The highest BCUT2D eigenvalue weighted by atomic mass is 16.4. The first-order chi connectivity index (χ1) is 9.29. The van der Waals surface area contributed by atoms with Gasteiger partial charge in [-0.05, 0) is 20.3 Å². The van der Waals surface area contributed by atoms with Gasteiger partial charge in [-0.1, -0.05) is 6.92 Å². The Hall–Kier alpha value is -2.11. The lowest BCUT2D eigenvalue weighted by Gasteiger charge is -2.37. The van der Waals surface area contributed by atoms with Crippen molar-refractivity contribution in [2.24, 2.45) is 7.05 Å². The number of hydrogen-bond acceptors (Lipinski definition) is 4. The van der Waals surface area contributed by atoms with E-state index in [2.05, 4.69) is 30.9 Å². The second-order valence-electron chi connectivity index (χ2n) is 5.56. The molecule has 108 valence electrons. The summed E-state index contributed by atoms with van der Waals surface area (Å²) in [5, 5.41) is 14.4. The van der Waals surface area contributed by atoms with E-state index in [0.29, 0.717) is 11.3 Å². The molecule has 2 rings (SSSR count). The number of nitrogens with zero attached hydrogens (tertiary/aromatic N) is 4. The monoisotopic (exact) mass is 276 g/mol. The van der Waals surface area contributed by atoms with Gasteiger partial charge in [0.15, 0.2) is 5.65 Å². The summed E-state index contributed by atoms with van der Waals surface area (Å²) in [4.78, 5) is 17.7. The molecule has 0 spiro atoms. The molecule has 20 heavy (non-hydrogen) atoms. The van der Waals surface area contributed by atoms with E-state index in [1.54, 1.807) is 17.9 Å². The molecule has 6 heteroatoms. The third-order valence-electron chi connectivity index (χ3n) is 4.07. The van der Waals surface area contributed by atoms with Crippen LogP contribution >= 0.6 is 0 Å². The Morgan fingerprint density at radius 1 is 1.45 bits per heavy atom. The molecule has 2 aromatic heterocycles. The number of aromatic nitrogens is 3. The zero-order chi connectivity index (χ0) is 15.1. The van der Waals surface area contributed by atoms with E-state index in [1.807, 2.05) is 11.9 Å². The van der Waals surface area contributed by atoms with Crippen LogP contribution in [0.1, 0.15) is 37.6 Å². The molecule has 0 aliphatic carbocycles. The van der Waals surface area contributed by atoms with Crippen molar-refractivity contribution in [2.75, 3.05) is 11.9 Å². The molecule has 0 amide bonds. The number of rotatable bonds is 4. The third-order valence-corrected chi connectivity index (χ3v) is 4.07. The quantitative estimate of drug-likeness (QED) is 0.927. The maximum atomic E-state index is 11.5. The predicted octanol–water partition coefficient (Wildman–Crippen LogP) is 2.29. The number of pyridine rings is 1. The van der Waals surface area contributed by atoms with Gasteiger partial charge in [0.1, 0.15) is 5.56 Å². The van der Waals surface area contributed by atoms with Gasteiger partial charge in [0.2, 0.25) is 0 Å². The summed E-state index contributed by atoms with van der Waals surface area (Å²) in [5.74, 6) is -0.975. The van der Waals surface area contributed by atoms with Crippen molar-refractivity contribution in [3.8, 4) is 0 Å². The van der Waals surface area contributed by atoms with Crippen LogP contribution in [0, 0.1) is 0 Å². The standard InChI is InChI=1S/C14H20N4O2/c1-6-14(2,3)17(4)11-9-8-16-18(5)12(9)15-7-10(11)13(19)20/h7-8H,6H2,1-5H3,(H,19,20). The van der Waals surface area contributed by atoms with Gasteiger partial charge in [-0.3, -0.25) is 4.68 Å². The zero-order valence-corrected chi connectivity index (χ0v) is 12.5. The van der Waals surface area contributed by atoms with Crippen molar-refractivity contribution in [2.45, 2.75) is 32.7 Å². The van der Waals surface area contributed by atoms with Crippen molar-refractivity contribution in [1.29, 1.82) is 0 Å². The van der Waals surface area contributed by atoms with Crippen molar-refractivity contribution in [3.63, 3.8) is 0 Å². The Balaban J connectivity index is 2.76. The summed E-state index contributed by atoms with van der Waals surface area (Å²) in [6.07, 6.45) is 3.98.